The highest BCUT2D eigenvalue weighted by Crippen LogP contribution is 2.26. The molecule has 386 valence electrons. The molecule has 2 rings (SSSR count). The Balaban J connectivity index is 1.62. The normalized spacial score (nSPS) is 12.4. The van der Waals surface area contributed by atoms with Gasteiger partial charge in [0, 0.05) is 12.3 Å². The Kier molecular flexibility index (Phi) is 40.7. The zero-order chi connectivity index (χ0) is 47.9. The van der Waals surface area contributed by atoms with E-state index in [1.54, 1.807) is 13.1 Å². The topological polar surface area (TPSA) is 86.7 Å². The first kappa shape index (κ1) is 60.1. The summed E-state index contributed by atoms with van der Waals surface area (Å²) < 4.78 is 23.3. The molecule has 67 heavy (non-hydrogen) atoms. The lowest BCUT2D eigenvalue weighted by Gasteiger charge is -2.23. The van der Waals surface area contributed by atoms with Crippen LogP contribution in [0.4, 0.5) is 4.79 Å². The SMILES string of the molecule is CCCCCCCCCCCCCCCCCCCCCCOc1cc(COC(=O)N2CC=NC=C2C(=O)OCC)cc(OCCCCCCCCCCCCCCCCCCCCCC)c1. The van der Waals surface area contributed by atoms with Crippen LogP contribution in [-0.2, 0) is 20.9 Å². The van der Waals surface area contributed by atoms with Gasteiger partial charge in [-0.1, -0.05) is 258 Å². The molecular weight excluding hydrogens is 833 g/mol. The van der Waals surface area contributed by atoms with Gasteiger partial charge in [-0.25, -0.2) is 9.59 Å². The number of rotatable bonds is 48. The zero-order valence-corrected chi connectivity index (χ0v) is 44.1. The lowest BCUT2D eigenvalue weighted by Crippen LogP contribution is -2.37. The second-order valence-corrected chi connectivity index (χ2v) is 19.7. The van der Waals surface area contributed by atoms with E-state index >= 15 is 0 Å². The summed E-state index contributed by atoms with van der Waals surface area (Å²) in [5.74, 6) is 0.849. The van der Waals surface area contributed by atoms with Crippen molar-refractivity contribution in [1.29, 1.82) is 0 Å². The second kappa shape index (κ2) is 45.4. The molecule has 1 aliphatic rings. The molecule has 0 aromatic heterocycles. The van der Waals surface area contributed by atoms with E-state index in [4.69, 9.17) is 18.9 Å². The number of nitrogens with zero attached hydrogens (tertiary/aromatic N) is 2. The predicted octanol–water partition coefficient (Wildman–Crippen LogP) is 18.5. The molecule has 8 heteroatoms. The van der Waals surface area contributed by atoms with Crippen molar-refractivity contribution in [2.24, 2.45) is 4.99 Å². The van der Waals surface area contributed by atoms with E-state index in [1.165, 1.54) is 242 Å². The third-order valence-corrected chi connectivity index (χ3v) is 13.4. The largest absolute Gasteiger partial charge is 0.493 e. The van der Waals surface area contributed by atoms with Crippen LogP contribution in [0.2, 0.25) is 0 Å². The van der Waals surface area contributed by atoms with E-state index in [0.29, 0.717) is 13.2 Å². The van der Waals surface area contributed by atoms with Gasteiger partial charge in [-0.3, -0.25) is 9.89 Å². The first-order valence-corrected chi connectivity index (χ1v) is 28.8. The molecule has 1 heterocycles. The van der Waals surface area contributed by atoms with Gasteiger partial charge in [-0.2, -0.15) is 0 Å². The molecule has 0 atom stereocenters. The second-order valence-electron chi connectivity index (χ2n) is 19.7. The molecule has 1 amide bonds. The highest BCUT2D eigenvalue weighted by molar-refractivity contribution is 5.94. The van der Waals surface area contributed by atoms with Gasteiger partial charge in [-0.05, 0) is 37.5 Å². The first-order chi connectivity index (χ1) is 33.1. The van der Waals surface area contributed by atoms with Crippen molar-refractivity contribution in [2.75, 3.05) is 26.4 Å². The fraction of sp³-hybridized carbons (Fsp3) is 0.814. The number of unbranched alkanes of at least 4 members (excludes halogenated alkanes) is 38. The standard InChI is InChI=1S/C59H104N2O6/c1-4-7-9-11-13-15-17-19-21-23-25-27-29-31-33-35-37-39-41-43-47-65-55-49-54(53-67-59(63)61-46-45-60-52-57(61)58(62)64-6-3)50-56(51-55)66-48-44-42-40-38-36-34-32-30-28-26-24-22-20-18-16-14-12-10-8-5-2/h45,49-52H,4-44,46-48,53H2,1-3H3. The molecule has 0 radical (unpaired) electrons. The molecule has 0 saturated heterocycles. The number of hydrogen-bond donors (Lipinski definition) is 0. The highest BCUT2D eigenvalue weighted by atomic mass is 16.6. The van der Waals surface area contributed by atoms with Crippen molar-refractivity contribution in [3.63, 3.8) is 0 Å². The molecule has 1 aliphatic heterocycles. The minimum atomic E-state index is -0.632. The van der Waals surface area contributed by atoms with Crippen LogP contribution < -0.4 is 9.47 Å². The number of aliphatic imine (C=N–C) groups is 1. The maximum atomic E-state index is 13.1. The van der Waals surface area contributed by atoms with E-state index in [2.05, 4.69) is 18.8 Å². The van der Waals surface area contributed by atoms with Gasteiger partial charge in [-0.15, -0.1) is 0 Å². The Labute approximate surface area is 413 Å². The van der Waals surface area contributed by atoms with Crippen LogP contribution in [-0.4, -0.2) is 49.5 Å². The van der Waals surface area contributed by atoms with Crippen molar-refractivity contribution < 1.29 is 28.5 Å². The van der Waals surface area contributed by atoms with E-state index in [-0.39, 0.29) is 25.5 Å². The summed E-state index contributed by atoms with van der Waals surface area (Å²) in [5.41, 5.74) is 0.847. The van der Waals surface area contributed by atoms with E-state index in [0.717, 1.165) is 42.7 Å². The molecule has 1 aromatic carbocycles. The monoisotopic (exact) mass is 937 g/mol. The number of hydrogen-bond acceptors (Lipinski definition) is 7. The summed E-state index contributed by atoms with van der Waals surface area (Å²) in [4.78, 5) is 30.9. The average Bonchev–Trinajstić information content (AvgIpc) is 3.34. The molecular formula is C59H104N2O6. The van der Waals surface area contributed by atoms with Crippen LogP contribution in [0.15, 0.2) is 35.1 Å². The Hall–Kier alpha value is -3.03. The predicted molar refractivity (Wildman–Crippen MR) is 284 cm³/mol. The highest BCUT2D eigenvalue weighted by Gasteiger charge is 2.27. The number of carbonyl (C=O) groups is 2. The van der Waals surface area contributed by atoms with Crippen molar-refractivity contribution in [3.8, 4) is 11.5 Å². The van der Waals surface area contributed by atoms with Gasteiger partial charge >= 0.3 is 12.1 Å². The van der Waals surface area contributed by atoms with Crippen LogP contribution in [0.25, 0.3) is 0 Å². The minimum absolute atomic E-state index is 0.0226. The van der Waals surface area contributed by atoms with Crippen LogP contribution in [0.1, 0.15) is 283 Å². The van der Waals surface area contributed by atoms with E-state index < -0.39 is 12.1 Å². The van der Waals surface area contributed by atoms with Gasteiger partial charge in [0.2, 0.25) is 0 Å². The van der Waals surface area contributed by atoms with Gasteiger partial charge in [0.25, 0.3) is 0 Å². The van der Waals surface area contributed by atoms with Gasteiger partial charge < -0.3 is 18.9 Å². The van der Waals surface area contributed by atoms with Crippen molar-refractivity contribution in [2.45, 2.75) is 284 Å². The number of carbonyl (C=O) groups excluding carboxylic acids is 2. The van der Waals surface area contributed by atoms with Crippen molar-refractivity contribution in [3.05, 3.63) is 35.7 Å². The van der Waals surface area contributed by atoms with Crippen LogP contribution in [0.5, 0.6) is 11.5 Å². The summed E-state index contributed by atoms with van der Waals surface area (Å²) in [6, 6.07) is 5.81. The van der Waals surface area contributed by atoms with Gasteiger partial charge in [0.1, 0.15) is 18.1 Å². The third kappa shape index (κ3) is 34.8. The van der Waals surface area contributed by atoms with Crippen LogP contribution in [0.3, 0.4) is 0 Å². The minimum Gasteiger partial charge on any atom is -0.493 e. The average molecular weight is 937 g/mol. The fourth-order valence-corrected chi connectivity index (χ4v) is 9.16. The Morgan fingerprint density at radius 1 is 0.448 bits per heavy atom. The quantitative estimate of drug-likeness (QED) is 0.0478. The summed E-state index contributed by atoms with van der Waals surface area (Å²) in [5, 5.41) is 0. The Bertz CT molecular complexity index is 1300. The molecule has 8 nitrogen and oxygen atoms in total. The maximum absolute atomic E-state index is 13.1. The molecule has 0 spiro atoms. The van der Waals surface area contributed by atoms with Crippen LogP contribution >= 0.6 is 0 Å². The van der Waals surface area contributed by atoms with Crippen LogP contribution in [0, 0.1) is 0 Å². The lowest BCUT2D eigenvalue weighted by atomic mass is 10.0. The Morgan fingerprint density at radius 3 is 1.10 bits per heavy atom. The van der Waals surface area contributed by atoms with Crippen molar-refractivity contribution >= 4 is 18.3 Å². The molecule has 0 fully saturated rings. The number of benzene rings is 1. The first-order valence-electron chi connectivity index (χ1n) is 28.8. The van der Waals surface area contributed by atoms with Gasteiger partial charge in [0.15, 0.2) is 5.70 Å². The number of ether oxygens (including phenoxy) is 4. The third-order valence-electron chi connectivity index (χ3n) is 13.4. The van der Waals surface area contributed by atoms with E-state index in [9.17, 15) is 9.59 Å². The summed E-state index contributed by atoms with van der Waals surface area (Å²) >= 11 is 0. The smallest absolute Gasteiger partial charge is 0.415 e. The summed E-state index contributed by atoms with van der Waals surface area (Å²) in [6.07, 6.45) is 56.8. The zero-order valence-electron chi connectivity index (χ0n) is 44.1. The molecule has 0 N–H and O–H groups in total. The van der Waals surface area contributed by atoms with Gasteiger partial charge in [0.05, 0.1) is 32.6 Å². The number of esters is 1. The lowest BCUT2D eigenvalue weighted by molar-refractivity contribution is -0.140. The molecule has 0 aliphatic carbocycles. The Morgan fingerprint density at radius 2 is 0.776 bits per heavy atom. The van der Waals surface area contributed by atoms with Crippen molar-refractivity contribution in [1.82, 2.24) is 4.90 Å². The number of amides is 1. The summed E-state index contributed by atoms with van der Waals surface area (Å²) in [7, 11) is 0. The molecule has 0 bridgehead atoms. The summed E-state index contributed by atoms with van der Waals surface area (Å²) in [6.45, 7) is 7.96. The fourth-order valence-electron chi connectivity index (χ4n) is 9.16. The molecule has 0 unspecified atom stereocenters. The molecule has 0 saturated carbocycles. The van der Waals surface area contributed by atoms with E-state index in [1.807, 2.05) is 18.2 Å². The molecule has 1 aromatic rings. The maximum Gasteiger partial charge on any atom is 0.415 e.